The number of rotatable bonds is 7. The molecule has 0 radical (unpaired) electrons. The maximum Gasteiger partial charge on any atom is 0.217 e. The second kappa shape index (κ2) is 8.27. The predicted octanol–water partition coefficient (Wildman–Crippen LogP) is 3.96. The molecular formula is C19H24NO3P. The van der Waals surface area contributed by atoms with Gasteiger partial charge in [-0.2, -0.15) is 0 Å². The van der Waals surface area contributed by atoms with Crippen molar-refractivity contribution in [3.8, 4) is 11.1 Å². The zero-order valence-corrected chi connectivity index (χ0v) is 15.3. The van der Waals surface area contributed by atoms with Crippen LogP contribution < -0.4 is 5.32 Å². The molecular weight excluding hydrogens is 321 g/mol. The van der Waals surface area contributed by atoms with Gasteiger partial charge in [-0.05, 0) is 23.1 Å². The number of carbonyl (C=O) groups excluding carboxylic acids is 1. The van der Waals surface area contributed by atoms with Crippen LogP contribution in [0.2, 0.25) is 0 Å². The maximum atomic E-state index is 11.7. The van der Waals surface area contributed by atoms with E-state index in [1.807, 2.05) is 18.2 Å². The summed E-state index contributed by atoms with van der Waals surface area (Å²) in [6.45, 7) is 4.87. The van der Waals surface area contributed by atoms with Gasteiger partial charge in [0.1, 0.15) is 0 Å². The third-order valence-electron chi connectivity index (χ3n) is 3.54. The first-order chi connectivity index (χ1) is 11.3. The fraction of sp³-hybridized carbons (Fsp3) is 0.316. The van der Waals surface area contributed by atoms with Crippen LogP contribution in [0.1, 0.15) is 12.5 Å². The minimum Gasteiger partial charge on any atom is -0.351 e. The van der Waals surface area contributed by atoms with E-state index >= 15 is 0 Å². The molecule has 0 heterocycles. The van der Waals surface area contributed by atoms with Gasteiger partial charge in [0.05, 0.1) is 12.6 Å². The van der Waals surface area contributed by atoms with E-state index in [1.165, 1.54) is 12.5 Å². The van der Waals surface area contributed by atoms with E-state index in [0.29, 0.717) is 6.42 Å². The summed E-state index contributed by atoms with van der Waals surface area (Å²) in [6.07, 6.45) is 0.634. The summed E-state index contributed by atoms with van der Waals surface area (Å²) >= 11 is 0. The first-order valence-corrected chi connectivity index (χ1v) is 10.5. The highest BCUT2D eigenvalue weighted by molar-refractivity contribution is 7.57. The van der Waals surface area contributed by atoms with Crippen LogP contribution in [0.5, 0.6) is 0 Å². The molecule has 2 aromatic rings. The van der Waals surface area contributed by atoms with Gasteiger partial charge in [-0.3, -0.25) is 9.36 Å². The lowest BCUT2D eigenvalue weighted by molar-refractivity contribution is -0.119. The molecule has 0 aliphatic rings. The Bertz CT molecular complexity index is 707. The Morgan fingerprint density at radius 2 is 1.62 bits per heavy atom. The third-order valence-corrected chi connectivity index (χ3v) is 4.31. The summed E-state index contributed by atoms with van der Waals surface area (Å²) < 4.78 is 17.1. The quantitative estimate of drug-likeness (QED) is 0.773. The minimum absolute atomic E-state index is 0.119. The zero-order valence-electron chi connectivity index (χ0n) is 14.4. The molecule has 0 saturated carbocycles. The number of nitrogens with one attached hydrogen (secondary N) is 1. The Morgan fingerprint density at radius 3 is 2.17 bits per heavy atom. The van der Waals surface area contributed by atoms with Gasteiger partial charge < -0.3 is 9.84 Å². The fourth-order valence-electron chi connectivity index (χ4n) is 2.46. The molecule has 0 bridgehead atoms. The van der Waals surface area contributed by atoms with Gasteiger partial charge in [-0.1, -0.05) is 54.6 Å². The van der Waals surface area contributed by atoms with Gasteiger partial charge in [-0.15, -0.1) is 0 Å². The summed E-state index contributed by atoms with van der Waals surface area (Å²) in [5, 5.41) is 2.86. The van der Waals surface area contributed by atoms with Gasteiger partial charge in [0.15, 0.2) is 7.37 Å². The summed E-state index contributed by atoms with van der Waals surface area (Å²) in [4.78, 5) is 11.4. The molecule has 1 amide bonds. The Hall–Kier alpha value is -1.90. The normalized spacial score (nSPS) is 12.6. The molecule has 2 rings (SSSR count). The van der Waals surface area contributed by atoms with E-state index in [2.05, 4.69) is 41.7 Å². The smallest absolute Gasteiger partial charge is 0.217 e. The van der Waals surface area contributed by atoms with Crippen LogP contribution in [-0.2, 0) is 20.3 Å². The predicted molar refractivity (Wildman–Crippen MR) is 98.6 cm³/mol. The number of amides is 1. The van der Waals surface area contributed by atoms with Crippen molar-refractivity contribution in [2.75, 3.05) is 19.9 Å². The molecule has 24 heavy (non-hydrogen) atoms. The second-order valence-corrected chi connectivity index (χ2v) is 8.97. The van der Waals surface area contributed by atoms with Gasteiger partial charge in [0, 0.05) is 20.3 Å². The second-order valence-electron chi connectivity index (χ2n) is 6.21. The topological polar surface area (TPSA) is 55.4 Å². The molecule has 2 aromatic carbocycles. The summed E-state index contributed by atoms with van der Waals surface area (Å²) in [5.41, 5.74) is 3.42. The van der Waals surface area contributed by atoms with E-state index in [0.717, 1.165) is 11.1 Å². The Balaban J connectivity index is 2.05. The monoisotopic (exact) mass is 345 g/mol. The van der Waals surface area contributed by atoms with E-state index in [4.69, 9.17) is 4.52 Å². The molecule has 0 aliphatic heterocycles. The first-order valence-electron chi connectivity index (χ1n) is 7.94. The van der Waals surface area contributed by atoms with Crippen molar-refractivity contribution in [2.24, 2.45) is 0 Å². The van der Waals surface area contributed by atoms with Crippen molar-refractivity contribution in [3.05, 3.63) is 60.2 Å². The molecule has 4 nitrogen and oxygen atoms in total. The van der Waals surface area contributed by atoms with Crippen molar-refractivity contribution in [1.82, 2.24) is 5.32 Å². The number of benzene rings is 2. The molecule has 0 fully saturated rings. The van der Waals surface area contributed by atoms with Crippen molar-refractivity contribution >= 4 is 13.3 Å². The van der Waals surface area contributed by atoms with Crippen LogP contribution in [0.3, 0.4) is 0 Å². The van der Waals surface area contributed by atoms with Crippen LogP contribution >= 0.6 is 7.37 Å². The van der Waals surface area contributed by atoms with E-state index in [1.54, 1.807) is 13.3 Å². The Morgan fingerprint density at radius 1 is 1.04 bits per heavy atom. The van der Waals surface area contributed by atoms with Crippen LogP contribution in [0, 0.1) is 0 Å². The average molecular weight is 345 g/mol. The molecule has 0 aliphatic carbocycles. The van der Waals surface area contributed by atoms with E-state index in [-0.39, 0.29) is 18.6 Å². The van der Waals surface area contributed by atoms with Crippen LogP contribution in [0.4, 0.5) is 0 Å². The lowest BCUT2D eigenvalue weighted by atomic mass is 10.0. The van der Waals surface area contributed by atoms with E-state index in [9.17, 15) is 9.36 Å². The summed E-state index contributed by atoms with van der Waals surface area (Å²) in [7, 11) is -2.57. The molecule has 1 N–H and O–H groups in total. The highest BCUT2D eigenvalue weighted by atomic mass is 31.2. The molecule has 1 atom stereocenters. The average Bonchev–Trinajstić information content (AvgIpc) is 2.53. The van der Waals surface area contributed by atoms with Crippen molar-refractivity contribution in [1.29, 1.82) is 0 Å². The standard InChI is InChI=1S/C19H24NO3P/c1-15(21)20-19(14-23-24(2,3)22)13-16-9-11-18(12-10-16)17-7-5-4-6-8-17/h4-12,19H,13-14H2,1-3H3,(H,20,21)/t19-/m1/s1. The Kier molecular flexibility index (Phi) is 6.36. The minimum atomic E-state index is -2.57. The highest BCUT2D eigenvalue weighted by Crippen LogP contribution is 2.37. The van der Waals surface area contributed by atoms with Gasteiger partial charge in [0.2, 0.25) is 5.91 Å². The van der Waals surface area contributed by atoms with Gasteiger partial charge in [-0.25, -0.2) is 0 Å². The molecule has 0 aromatic heterocycles. The third kappa shape index (κ3) is 6.31. The number of hydrogen-bond acceptors (Lipinski definition) is 3. The molecule has 0 saturated heterocycles. The maximum absolute atomic E-state index is 11.7. The molecule has 5 heteroatoms. The van der Waals surface area contributed by atoms with Gasteiger partial charge in [0.25, 0.3) is 0 Å². The lowest BCUT2D eigenvalue weighted by Gasteiger charge is -2.19. The van der Waals surface area contributed by atoms with Crippen molar-refractivity contribution in [2.45, 2.75) is 19.4 Å². The first kappa shape index (κ1) is 18.4. The molecule has 0 spiro atoms. The summed E-state index contributed by atoms with van der Waals surface area (Å²) in [5.74, 6) is -0.119. The van der Waals surface area contributed by atoms with Gasteiger partial charge >= 0.3 is 0 Å². The van der Waals surface area contributed by atoms with Crippen molar-refractivity contribution in [3.63, 3.8) is 0 Å². The van der Waals surface area contributed by atoms with Crippen LogP contribution in [-0.4, -0.2) is 31.9 Å². The molecule has 0 unspecified atom stereocenters. The highest BCUT2D eigenvalue weighted by Gasteiger charge is 2.15. The largest absolute Gasteiger partial charge is 0.351 e. The fourth-order valence-corrected chi connectivity index (χ4v) is 3.00. The number of hydrogen-bond donors (Lipinski definition) is 1. The SMILES string of the molecule is CC(=O)N[C@@H](COP(C)(C)=O)Cc1ccc(-c2ccccc2)cc1. The number of carbonyl (C=O) groups is 1. The Labute approximate surface area is 143 Å². The zero-order chi connectivity index (χ0) is 17.6. The van der Waals surface area contributed by atoms with Crippen molar-refractivity contribution < 1.29 is 13.9 Å². The van der Waals surface area contributed by atoms with Crippen LogP contribution in [0.15, 0.2) is 54.6 Å². The van der Waals surface area contributed by atoms with Crippen LogP contribution in [0.25, 0.3) is 11.1 Å². The summed E-state index contributed by atoms with van der Waals surface area (Å²) in [6, 6.07) is 18.2. The lowest BCUT2D eigenvalue weighted by Crippen LogP contribution is -2.38. The van der Waals surface area contributed by atoms with E-state index < -0.39 is 7.37 Å². The molecule has 128 valence electrons.